The van der Waals surface area contributed by atoms with Crippen LogP contribution in [-0.4, -0.2) is 28.2 Å². The zero-order chi connectivity index (χ0) is 16.6. The number of carbonyl (C=O) groups excluding carboxylic acids is 1. The van der Waals surface area contributed by atoms with Crippen molar-refractivity contribution in [1.82, 2.24) is 15.1 Å². The number of urea groups is 1. The summed E-state index contributed by atoms with van der Waals surface area (Å²) >= 11 is 0.308. The van der Waals surface area contributed by atoms with E-state index in [1.165, 1.54) is 10.5 Å². The summed E-state index contributed by atoms with van der Waals surface area (Å²) in [6.07, 6.45) is -2.90. The second-order valence-electron chi connectivity index (χ2n) is 5.20. The lowest BCUT2D eigenvalue weighted by Gasteiger charge is -2.25. The molecule has 1 aliphatic carbocycles. The molecule has 0 bridgehead atoms. The van der Waals surface area contributed by atoms with Crippen molar-refractivity contribution in [3.8, 4) is 0 Å². The molecule has 0 radical (unpaired) electrons. The van der Waals surface area contributed by atoms with Gasteiger partial charge >= 0.3 is 12.2 Å². The number of nitrogens with one attached hydrogen (secondary N) is 1. The van der Waals surface area contributed by atoms with Gasteiger partial charge in [-0.1, -0.05) is 35.6 Å². The van der Waals surface area contributed by atoms with Crippen LogP contribution >= 0.6 is 11.3 Å². The van der Waals surface area contributed by atoms with Crippen LogP contribution in [0.2, 0.25) is 0 Å². The van der Waals surface area contributed by atoms with Crippen LogP contribution in [0.4, 0.5) is 23.1 Å². The van der Waals surface area contributed by atoms with Crippen LogP contribution in [0.1, 0.15) is 28.6 Å². The number of alkyl halides is 3. The monoisotopic (exact) mass is 342 g/mol. The highest BCUT2D eigenvalue weighted by molar-refractivity contribution is 7.15. The molecule has 1 aromatic heterocycles. The minimum atomic E-state index is -4.56. The second kappa shape index (κ2) is 5.80. The summed E-state index contributed by atoms with van der Waals surface area (Å²) < 4.78 is 37.5. The van der Waals surface area contributed by atoms with Gasteiger partial charge < -0.3 is 4.90 Å². The summed E-state index contributed by atoms with van der Waals surface area (Å²) in [5.74, 6) is 0. The summed E-state index contributed by atoms with van der Waals surface area (Å²) in [7, 11) is 1.62. The van der Waals surface area contributed by atoms with Crippen molar-refractivity contribution in [2.75, 3.05) is 12.4 Å². The summed E-state index contributed by atoms with van der Waals surface area (Å²) in [6.45, 7) is 0. The Balaban J connectivity index is 1.70. The van der Waals surface area contributed by atoms with Crippen molar-refractivity contribution >= 4 is 22.5 Å². The van der Waals surface area contributed by atoms with E-state index in [-0.39, 0.29) is 11.2 Å². The molecule has 0 fully saturated rings. The summed E-state index contributed by atoms with van der Waals surface area (Å²) in [4.78, 5) is 13.7. The molecule has 0 saturated carbocycles. The predicted octanol–water partition coefficient (Wildman–Crippen LogP) is 3.71. The van der Waals surface area contributed by atoms with E-state index in [0.29, 0.717) is 11.3 Å². The fourth-order valence-electron chi connectivity index (χ4n) is 2.65. The molecule has 1 aromatic carbocycles. The van der Waals surface area contributed by atoms with E-state index in [0.717, 1.165) is 18.4 Å². The maximum Gasteiger partial charge on any atom is 0.445 e. The van der Waals surface area contributed by atoms with E-state index in [4.69, 9.17) is 0 Å². The number of anilines is 1. The smallest absolute Gasteiger partial charge is 0.320 e. The molecule has 9 heteroatoms. The first-order chi connectivity index (χ1) is 10.9. The summed E-state index contributed by atoms with van der Waals surface area (Å²) in [5.41, 5.74) is 2.26. The van der Waals surface area contributed by atoms with Crippen molar-refractivity contribution in [1.29, 1.82) is 0 Å². The molecule has 0 saturated heterocycles. The average molecular weight is 342 g/mol. The zero-order valence-electron chi connectivity index (χ0n) is 12.1. The minimum Gasteiger partial charge on any atom is -0.320 e. The van der Waals surface area contributed by atoms with Crippen LogP contribution in [0.25, 0.3) is 0 Å². The van der Waals surface area contributed by atoms with Gasteiger partial charge in [0.05, 0.1) is 6.04 Å². The van der Waals surface area contributed by atoms with Gasteiger partial charge in [0.2, 0.25) is 10.1 Å². The van der Waals surface area contributed by atoms with Crippen molar-refractivity contribution in [3.05, 3.63) is 40.4 Å². The highest BCUT2D eigenvalue weighted by atomic mass is 32.1. The maximum atomic E-state index is 12.5. The Labute approximate surface area is 134 Å². The number of nitrogens with zero attached hydrogens (tertiary/aromatic N) is 3. The molecule has 0 aliphatic heterocycles. The largest absolute Gasteiger partial charge is 0.445 e. The molecule has 1 unspecified atom stereocenters. The molecule has 1 atom stereocenters. The number of halogens is 3. The highest BCUT2D eigenvalue weighted by Gasteiger charge is 2.36. The Morgan fingerprint density at radius 1 is 1.35 bits per heavy atom. The molecule has 122 valence electrons. The number of rotatable bonds is 2. The van der Waals surface area contributed by atoms with Crippen LogP contribution in [0.5, 0.6) is 0 Å². The second-order valence-corrected chi connectivity index (χ2v) is 6.18. The Hall–Kier alpha value is -2.16. The fraction of sp³-hybridized carbons (Fsp3) is 0.357. The average Bonchev–Trinajstić information content (AvgIpc) is 3.12. The first kappa shape index (κ1) is 15.7. The van der Waals surface area contributed by atoms with E-state index >= 15 is 0 Å². The third-order valence-electron chi connectivity index (χ3n) is 3.77. The van der Waals surface area contributed by atoms with Crippen LogP contribution in [0.15, 0.2) is 24.3 Å². The number of benzene rings is 1. The standard InChI is InChI=1S/C14H13F3N4OS/c1-21(10-7-6-8-4-2-3-5-9(8)10)13(22)18-12-20-19-11(23-12)14(15,16)17/h2-5,10H,6-7H2,1H3,(H,18,20,22). The molecule has 5 nitrogen and oxygen atoms in total. The molecule has 3 rings (SSSR count). The van der Waals surface area contributed by atoms with Gasteiger partial charge in [-0.2, -0.15) is 13.2 Å². The highest BCUT2D eigenvalue weighted by Crippen LogP contribution is 2.36. The van der Waals surface area contributed by atoms with Crippen molar-refractivity contribution in [2.24, 2.45) is 0 Å². The van der Waals surface area contributed by atoms with E-state index in [9.17, 15) is 18.0 Å². The van der Waals surface area contributed by atoms with E-state index in [2.05, 4.69) is 15.5 Å². The van der Waals surface area contributed by atoms with Crippen LogP contribution < -0.4 is 5.32 Å². The normalized spacial score (nSPS) is 17.0. The topological polar surface area (TPSA) is 58.1 Å². The van der Waals surface area contributed by atoms with Crippen LogP contribution in [-0.2, 0) is 12.6 Å². The van der Waals surface area contributed by atoms with Gasteiger partial charge in [0.25, 0.3) is 0 Å². The first-order valence-corrected chi connectivity index (χ1v) is 7.70. The van der Waals surface area contributed by atoms with Crippen LogP contribution in [0.3, 0.4) is 0 Å². The lowest BCUT2D eigenvalue weighted by atomic mass is 10.1. The third kappa shape index (κ3) is 3.14. The number of aromatic nitrogens is 2. The Kier molecular flexibility index (Phi) is 3.97. The molecular weight excluding hydrogens is 329 g/mol. The number of hydrogen-bond acceptors (Lipinski definition) is 4. The van der Waals surface area contributed by atoms with E-state index < -0.39 is 17.2 Å². The number of aryl methyl sites for hydroxylation is 1. The predicted molar refractivity (Wildman–Crippen MR) is 79.2 cm³/mol. The molecule has 0 spiro atoms. The molecule has 1 aliphatic rings. The van der Waals surface area contributed by atoms with Gasteiger partial charge in [-0.25, -0.2) is 4.79 Å². The number of fused-ring (bicyclic) bond motifs is 1. The lowest BCUT2D eigenvalue weighted by Crippen LogP contribution is -2.34. The Morgan fingerprint density at radius 2 is 2.09 bits per heavy atom. The quantitative estimate of drug-likeness (QED) is 0.905. The van der Waals surface area contributed by atoms with E-state index in [1.54, 1.807) is 7.05 Å². The van der Waals surface area contributed by atoms with Gasteiger partial charge in [-0.05, 0) is 24.0 Å². The maximum absolute atomic E-state index is 12.5. The molecule has 1 heterocycles. The molecule has 2 aromatic rings. The third-order valence-corrected chi connectivity index (χ3v) is 4.65. The zero-order valence-corrected chi connectivity index (χ0v) is 12.9. The van der Waals surface area contributed by atoms with Crippen LogP contribution in [0, 0.1) is 0 Å². The molecule has 23 heavy (non-hydrogen) atoms. The molecule has 2 amide bonds. The van der Waals surface area contributed by atoms with Gasteiger partial charge in [-0.3, -0.25) is 5.32 Å². The number of amides is 2. The summed E-state index contributed by atoms with van der Waals surface area (Å²) in [6, 6.07) is 7.23. The fourth-order valence-corrected chi connectivity index (χ4v) is 3.25. The summed E-state index contributed by atoms with van der Waals surface area (Å²) in [5, 5.41) is 7.54. The van der Waals surface area contributed by atoms with Crippen molar-refractivity contribution in [2.45, 2.75) is 25.1 Å². The van der Waals surface area contributed by atoms with Crippen molar-refractivity contribution < 1.29 is 18.0 Å². The van der Waals surface area contributed by atoms with Crippen molar-refractivity contribution in [3.63, 3.8) is 0 Å². The molecule has 1 N–H and O–H groups in total. The van der Waals surface area contributed by atoms with Gasteiger partial charge in [-0.15, -0.1) is 10.2 Å². The minimum absolute atomic E-state index is 0.0961. The van der Waals surface area contributed by atoms with Gasteiger partial charge in [0.15, 0.2) is 0 Å². The van der Waals surface area contributed by atoms with E-state index in [1.807, 2.05) is 24.3 Å². The van der Waals surface area contributed by atoms with Gasteiger partial charge in [0, 0.05) is 7.05 Å². The number of hydrogen-bond donors (Lipinski definition) is 1. The number of carbonyl (C=O) groups is 1. The SMILES string of the molecule is CN(C(=O)Nc1nnc(C(F)(F)F)s1)C1CCc2ccccc21. The Bertz CT molecular complexity index is 731. The Morgan fingerprint density at radius 3 is 2.78 bits per heavy atom. The van der Waals surface area contributed by atoms with Gasteiger partial charge in [0.1, 0.15) is 0 Å². The lowest BCUT2D eigenvalue weighted by molar-refractivity contribution is -0.138. The molecular formula is C14H13F3N4OS. The first-order valence-electron chi connectivity index (χ1n) is 6.88.